The molecule has 86 valence electrons. The van der Waals surface area contributed by atoms with Gasteiger partial charge in [-0.3, -0.25) is 0 Å². The highest BCUT2D eigenvalue weighted by Crippen LogP contribution is 2.27. The van der Waals surface area contributed by atoms with Crippen LogP contribution in [0, 0.1) is 11.8 Å². The van der Waals surface area contributed by atoms with Gasteiger partial charge in [0.05, 0.1) is 0 Å². The Morgan fingerprint density at radius 3 is 2.53 bits per heavy atom. The topological polar surface area (TPSA) is 17.1 Å². The van der Waals surface area contributed by atoms with Gasteiger partial charge in [-0.25, -0.2) is 0 Å². The van der Waals surface area contributed by atoms with Crippen LogP contribution in [0.4, 0.5) is 0 Å². The number of allylic oxidation sites excluding steroid dienone is 2. The normalized spacial score (nSPS) is 21.3. The molecule has 0 N–H and O–H groups in total. The van der Waals surface area contributed by atoms with Crippen LogP contribution in [0.1, 0.15) is 58.8 Å². The lowest BCUT2D eigenvalue weighted by atomic mass is 9.86. The minimum Gasteiger partial charge on any atom is -0.303 e. The van der Waals surface area contributed by atoms with Crippen molar-refractivity contribution in [1.29, 1.82) is 0 Å². The molecule has 0 amide bonds. The fourth-order valence-electron chi connectivity index (χ4n) is 2.43. The fraction of sp³-hybridized carbons (Fsp3) is 0.786. The zero-order chi connectivity index (χ0) is 11.1. The van der Waals surface area contributed by atoms with Crippen molar-refractivity contribution in [3.63, 3.8) is 0 Å². The Morgan fingerprint density at radius 2 is 2.00 bits per heavy atom. The van der Waals surface area contributed by atoms with Crippen molar-refractivity contribution >= 4 is 6.29 Å². The van der Waals surface area contributed by atoms with Crippen molar-refractivity contribution < 1.29 is 4.79 Å². The first-order valence-corrected chi connectivity index (χ1v) is 6.41. The Morgan fingerprint density at radius 1 is 1.33 bits per heavy atom. The van der Waals surface area contributed by atoms with E-state index < -0.39 is 0 Å². The van der Waals surface area contributed by atoms with Gasteiger partial charge in [0.15, 0.2) is 0 Å². The number of hydrogen-bond acceptors (Lipinski definition) is 1. The van der Waals surface area contributed by atoms with Crippen molar-refractivity contribution in [3.05, 3.63) is 11.6 Å². The summed E-state index contributed by atoms with van der Waals surface area (Å²) in [4.78, 5) is 10.6. The molecule has 1 heteroatoms. The first-order valence-electron chi connectivity index (χ1n) is 6.41. The summed E-state index contributed by atoms with van der Waals surface area (Å²) < 4.78 is 0. The van der Waals surface area contributed by atoms with E-state index in [4.69, 9.17) is 0 Å². The fourth-order valence-corrected chi connectivity index (χ4v) is 2.43. The molecule has 0 aromatic heterocycles. The Balaban J connectivity index is 2.47. The lowest BCUT2D eigenvalue weighted by molar-refractivity contribution is -0.110. The summed E-state index contributed by atoms with van der Waals surface area (Å²) in [6.45, 7) is 4.21. The number of aldehydes is 1. The molecule has 0 spiro atoms. The average Bonchev–Trinajstić information content (AvgIpc) is 2.29. The highest BCUT2D eigenvalue weighted by atomic mass is 16.1. The Labute approximate surface area is 93.9 Å². The van der Waals surface area contributed by atoms with E-state index >= 15 is 0 Å². The highest BCUT2D eigenvalue weighted by Gasteiger charge is 2.12. The maximum Gasteiger partial charge on any atom is 0.123 e. The molecule has 1 rings (SSSR count). The predicted molar refractivity (Wildman–Crippen MR) is 64.8 cm³/mol. The van der Waals surface area contributed by atoms with E-state index in [1.165, 1.54) is 37.7 Å². The minimum atomic E-state index is 0.194. The summed E-state index contributed by atoms with van der Waals surface area (Å²) in [6, 6.07) is 0. The van der Waals surface area contributed by atoms with Gasteiger partial charge in [0, 0.05) is 5.92 Å². The van der Waals surface area contributed by atoms with E-state index in [1.54, 1.807) is 0 Å². The van der Waals surface area contributed by atoms with Gasteiger partial charge in [-0.05, 0) is 31.6 Å². The second-order valence-electron chi connectivity index (χ2n) is 4.89. The summed E-state index contributed by atoms with van der Waals surface area (Å²) in [7, 11) is 0. The summed E-state index contributed by atoms with van der Waals surface area (Å²) >= 11 is 0. The molecule has 1 aliphatic carbocycles. The van der Waals surface area contributed by atoms with E-state index in [-0.39, 0.29) is 5.92 Å². The van der Waals surface area contributed by atoms with E-state index in [2.05, 4.69) is 13.0 Å². The van der Waals surface area contributed by atoms with Crippen LogP contribution in [0.15, 0.2) is 11.6 Å². The Kier molecular flexibility index (Phi) is 5.67. The molecule has 15 heavy (non-hydrogen) atoms. The molecular formula is C14H24O. The third-order valence-electron chi connectivity index (χ3n) is 3.39. The average molecular weight is 208 g/mol. The highest BCUT2D eigenvalue weighted by molar-refractivity contribution is 5.53. The van der Waals surface area contributed by atoms with Crippen LogP contribution in [0.25, 0.3) is 0 Å². The van der Waals surface area contributed by atoms with Gasteiger partial charge in [-0.1, -0.05) is 44.8 Å². The Bertz CT molecular complexity index is 211. The molecule has 1 unspecified atom stereocenters. The van der Waals surface area contributed by atoms with Gasteiger partial charge in [-0.15, -0.1) is 0 Å². The van der Waals surface area contributed by atoms with Crippen LogP contribution in [0.2, 0.25) is 0 Å². The maximum absolute atomic E-state index is 10.6. The van der Waals surface area contributed by atoms with Gasteiger partial charge < -0.3 is 4.79 Å². The molecule has 0 aromatic rings. The van der Waals surface area contributed by atoms with Crippen LogP contribution in [-0.2, 0) is 4.79 Å². The first kappa shape index (κ1) is 12.5. The van der Waals surface area contributed by atoms with Crippen molar-refractivity contribution in [1.82, 2.24) is 0 Å². The molecule has 1 fully saturated rings. The second-order valence-corrected chi connectivity index (χ2v) is 4.89. The van der Waals surface area contributed by atoms with Crippen LogP contribution in [0.5, 0.6) is 0 Å². The zero-order valence-corrected chi connectivity index (χ0v) is 10.2. The Hall–Kier alpha value is -0.590. The quantitative estimate of drug-likeness (QED) is 0.490. The number of hydrogen-bond donors (Lipinski definition) is 0. The van der Waals surface area contributed by atoms with Crippen molar-refractivity contribution in [2.45, 2.75) is 58.8 Å². The predicted octanol–water partition coefficient (Wildman–Crippen LogP) is 4.13. The molecular weight excluding hydrogens is 184 g/mol. The van der Waals surface area contributed by atoms with E-state index in [0.717, 1.165) is 25.0 Å². The molecule has 1 nitrogen and oxygen atoms in total. The smallest absolute Gasteiger partial charge is 0.123 e. The molecule has 0 aromatic carbocycles. The molecule has 0 saturated heterocycles. The van der Waals surface area contributed by atoms with Gasteiger partial charge in [0.1, 0.15) is 6.29 Å². The lowest BCUT2D eigenvalue weighted by Gasteiger charge is -2.20. The first-order chi connectivity index (χ1) is 7.26. The summed E-state index contributed by atoms with van der Waals surface area (Å²) in [5.41, 5.74) is 1.49. The van der Waals surface area contributed by atoms with Crippen molar-refractivity contribution in [2.75, 3.05) is 0 Å². The standard InChI is InChI=1S/C14H24O/c1-3-13(9-12(2)11-15)10-14-7-5-4-6-8-14/h10-12,14H,3-9H2,1-2H3/b13-10+. The van der Waals surface area contributed by atoms with Crippen LogP contribution < -0.4 is 0 Å². The largest absolute Gasteiger partial charge is 0.303 e. The minimum absolute atomic E-state index is 0.194. The number of carbonyl (C=O) groups excluding carboxylic acids is 1. The third kappa shape index (κ3) is 4.63. The summed E-state index contributed by atoms with van der Waals surface area (Å²) in [6.07, 6.45) is 12.5. The van der Waals surface area contributed by atoms with Gasteiger partial charge in [-0.2, -0.15) is 0 Å². The van der Waals surface area contributed by atoms with Gasteiger partial charge in [0.25, 0.3) is 0 Å². The SMILES string of the molecule is CC/C(=C\C1CCCCC1)CC(C)C=O. The zero-order valence-electron chi connectivity index (χ0n) is 10.2. The van der Waals surface area contributed by atoms with Crippen LogP contribution >= 0.6 is 0 Å². The summed E-state index contributed by atoms with van der Waals surface area (Å²) in [5.74, 6) is 0.993. The molecule has 0 bridgehead atoms. The third-order valence-corrected chi connectivity index (χ3v) is 3.39. The second kappa shape index (κ2) is 6.81. The maximum atomic E-state index is 10.6. The van der Waals surface area contributed by atoms with Crippen molar-refractivity contribution in [3.8, 4) is 0 Å². The van der Waals surface area contributed by atoms with E-state index in [0.29, 0.717) is 0 Å². The summed E-state index contributed by atoms with van der Waals surface area (Å²) in [5, 5.41) is 0. The molecule has 0 radical (unpaired) electrons. The molecule has 1 saturated carbocycles. The molecule has 1 aliphatic rings. The monoisotopic (exact) mass is 208 g/mol. The number of rotatable bonds is 5. The van der Waals surface area contributed by atoms with Crippen molar-refractivity contribution in [2.24, 2.45) is 11.8 Å². The number of carbonyl (C=O) groups is 1. The van der Waals surface area contributed by atoms with E-state index in [1.807, 2.05) is 6.92 Å². The van der Waals surface area contributed by atoms with Crippen LogP contribution in [-0.4, -0.2) is 6.29 Å². The van der Waals surface area contributed by atoms with Crippen LogP contribution in [0.3, 0.4) is 0 Å². The van der Waals surface area contributed by atoms with Gasteiger partial charge in [0.2, 0.25) is 0 Å². The molecule has 0 aliphatic heterocycles. The molecule has 1 atom stereocenters. The van der Waals surface area contributed by atoms with E-state index in [9.17, 15) is 4.79 Å². The lowest BCUT2D eigenvalue weighted by Crippen LogP contribution is -2.05. The molecule has 0 heterocycles. The van der Waals surface area contributed by atoms with Gasteiger partial charge >= 0.3 is 0 Å².